The highest BCUT2D eigenvalue weighted by Crippen LogP contribution is 2.33. The summed E-state index contributed by atoms with van der Waals surface area (Å²) in [7, 11) is 0. The maximum Gasteiger partial charge on any atom is 0.274 e. The Labute approximate surface area is 214 Å². The molecule has 0 aliphatic carbocycles. The van der Waals surface area contributed by atoms with Crippen LogP contribution in [-0.2, 0) is 13.1 Å². The maximum absolute atomic E-state index is 14.5. The molecule has 0 radical (unpaired) electrons. The van der Waals surface area contributed by atoms with E-state index in [1.807, 2.05) is 12.1 Å². The summed E-state index contributed by atoms with van der Waals surface area (Å²) in [6, 6.07) is 20.1. The first kappa shape index (κ1) is 25.1. The number of nitro groups is 1. The van der Waals surface area contributed by atoms with E-state index in [2.05, 4.69) is 15.9 Å². The highest BCUT2D eigenvalue weighted by molar-refractivity contribution is 9.10. The molecule has 184 valence electrons. The number of halogens is 3. The zero-order valence-electron chi connectivity index (χ0n) is 19.1. The molecule has 0 aliphatic heterocycles. The molecule has 0 aromatic heterocycles. The minimum Gasteiger partial charge on any atom is -0.507 e. The van der Waals surface area contributed by atoms with E-state index in [1.165, 1.54) is 24.3 Å². The van der Waals surface area contributed by atoms with Gasteiger partial charge in [0.05, 0.1) is 15.0 Å². The zero-order valence-corrected chi connectivity index (χ0v) is 20.7. The van der Waals surface area contributed by atoms with Gasteiger partial charge in [-0.25, -0.2) is 8.78 Å². The van der Waals surface area contributed by atoms with E-state index in [1.54, 1.807) is 48.2 Å². The molecule has 0 aliphatic rings. The number of hydrogen-bond acceptors (Lipinski definition) is 5. The second-order valence-corrected chi connectivity index (χ2v) is 8.98. The molecule has 0 atom stereocenters. The molecule has 4 aromatic rings. The van der Waals surface area contributed by atoms with Gasteiger partial charge < -0.3 is 14.7 Å². The average Bonchev–Trinajstić information content (AvgIpc) is 2.84. The Morgan fingerprint density at radius 2 is 1.69 bits per heavy atom. The van der Waals surface area contributed by atoms with Crippen LogP contribution < -0.4 is 9.64 Å². The van der Waals surface area contributed by atoms with E-state index in [4.69, 9.17) is 4.74 Å². The molecule has 0 fully saturated rings. The maximum atomic E-state index is 14.5. The molecular formula is C27H21BrF2N2O4. The summed E-state index contributed by atoms with van der Waals surface area (Å²) in [5.41, 5.74) is 2.07. The van der Waals surface area contributed by atoms with Crippen LogP contribution in [0.1, 0.15) is 16.7 Å². The smallest absolute Gasteiger partial charge is 0.274 e. The van der Waals surface area contributed by atoms with Gasteiger partial charge in [-0.15, -0.1) is 0 Å². The van der Waals surface area contributed by atoms with Crippen LogP contribution in [0.4, 0.5) is 20.2 Å². The number of aromatic hydroxyl groups is 1. The summed E-state index contributed by atoms with van der Waals surface area (Å²) in [5, 5.41) is 21.3. The van der Waals surface area contributed by atoms with Gasteiger partial charge in [0.1, 0.15) is 28.9 Å². The van der Waals surface area contributed by atoms with Crippen molar-refractivity contribution in [2.75, 3.05) is 4.90 Å². The van der Waals surface area contributed by atoms with Gasteiger partial charge in [0.15, 0.2) is 0 Å². The number of rotatable bonds is 8. The Kier molecular flexibility index (Phi) is 7.49. The molecule has 1 N–H and O–H groups in total. The Morgan fingerprint density at radius 1 is 0.972 bits per heavy atom. The van der Waals surface area contributed by atoms with E-state index in [-0.39, 0.29) is 23.5 Å². The SMILES string of the molecule is Cc1c(N(Cc2ccc(Oc3ccc(Br)c(O)c3)cc2)Cc2ccc(F)cc2F)cccc1[N+](=O)[O-]. The lowest BCUT2D eigenvalue weighted by atomic mass is 10.1. The average molecular weight is 555 g/mol. The first-order chi connectivity index (χ1) is 17.2. The topological polar surface area (TPSA) is 75.8 Å². The Morgan fingerprint density at radius 3 is 2.36 bits per heavy atom. The number of nitro benzene ring substituents is 1. The summed E-state index contributed by atoms with van der Waals surface area (Å²) in [6.07, 6.45) is 0. The van der Waals surface area contributed by atoms with E-state index in [9.17, 15) is 24.0 Å². The Bertz CT molecular complexity index is 1410. The fraction of sp³-hybridized carbons (Fsp3) is 0.111. The molecule has 9 heteroatoms. The molecule has 0 saturated heterocycles. The number of nitrogens with zero attached hydrogens (tertiary/aromatic N) is 2. The van der Waals surface area contributed by atoms with Gasteiger partial charge in [-0.2, -0.15) is 0 Å². The van der Waals surface area contributed by atoms with Crippen molar-refractivity contribution in [1.82, 2.24) is 0 Å². The van der Waals surface area contributed by atoms with Crippen LogP contribution in [0.15, 0.2) is 83.3 Å². The molecule has 36 heavy (non-hydrogen) atoms. The predicted octanol–water partition coefficient (Wildman–Crippen LogP) is 7.65. The van der Waals surface area contributed by atoms with Gasteiger partial charge in [0.2, 0.25) is 0 Å². The molecular weight excluding hydrogens is 534 g/mol. The predicted molar refractivity (Wildman–Crippen MR) is 136 cm³/mol. The van der Waals surface area contributed by atoms with Crippen molar-refractivity contribution in [3.05, 3.63) is 122 Å². The third-order valence-electron chi connectivity index (χ3n) is 5.64. The third kappa shape index (κ3) is 5.80. The highest BCUT2D eigenvalue weighted by Gasteiger charge is 2.19. The highest BCUT2D eigenvalue weighted by atomic mass is 79.9. The fourth-order valence-corrected chi connectivity index (χ4v) is 4.06. The van der Waals surface area contributed by atoms with Crippen molar-refractivity contribution in [2.45, 2.75) is 20.0 Å². The van der Waals surface area contributed by atoms with Crippen LogP contribution in [0.5, 0.6) is 17.2 Å². The lowest BCUT2D eigenvalue weighted by Gasteiger charge is -2.27. The molecule has 4 rings (SSSR count). The van der Waals surface area contributed by atoms with E-state index in [0.29, 0.717) is 33.8 Å². The third-order valence-corrected chi connectivity index (χ3v) is 6.31. The van der Waals surface area contributed by atoms with Crippen molar-refractivity contribution >= 4 is 27.3 Å². The normalized spacial score (nSPS) is 10.8. The number of ether oxygens (including phenoxy) is 1. The molecule has 0 bridgehead atoms. The summed E-state index contributed by atoms with van der Waals surface area (Å²) in [6.45, 7) is 2.02. The first-order valence-corrected chi connectivity index (χ1v) is 11.7. The summed E-state index contributed by atoms with van der Waals surface area (Å²) < 4.78 is 34.3. The number of hydrogen-bond donors (Lipinski definition) is 1. The van der Waals surface area contributed by atoms with Crippen LogP contribution in [0.25, 0.3) is 0 Å². The van der Waals surface area contributed by atoms with Crippen LogP contribution in [0, 0.1) is 28.7 Å². The zero-order chi connectivity index (χ0) is 25.8. The van der Waals surface area contributed by atoms with Crippen LogP contribution >= 0.6 is 15.9 Å². The van der Waals surface area contributed by atoms with Gasteiger partial charge in [0.25, 0.3) is 5.69 Å². The van der Waals surface area contributed by atoms with Gasteiger partial charge in [-0.05, 0) is 64.8 Å². The monoisotopic (exact) mass is 554 g/mol. The quantitative estimate of drug-likeness (QED) is 0.179. The molecule has 0 spiro atoms. The molecule has 6 nitrogen and oxygen atoms in total. The van der Waals surface area contributed by atoms with Gasteiger partial charge in [0, 0.05) is 42.5 Å². The van der Waals surface area contributed by atoms with E-state index in [0.717, 1.165) is 11.6 Å². The standard InChI is InChI=1S/C27H21BrF2N2O4/c1-17-25(3-2-4-26(17)32(34)35)31(16-19-7-8-20(29)13-24(19)30)15-18-5-9-21(10-6-18)36-22-11-12-23(28)27(33)14-22/h2-14,33H,15-16H2,1H3. The minimum absolute atomic E-state index is 0.0430. The molecule has 0 unspecified atom stereocenters. The Hall–Kier alpha value is -3.98. The number of phenols is 1. The van der Waals surface area contributed by atoms with Crippen molar-refractivity contribution < 1.29 is 23.5 Å². The van der Waals surface area contributed by atoms with Crippen molar-refractivity contribution in [1.29, 1.82) is 0 Å². The first-order valence-electron chi connectivity index (χ1n) is 10.9. The van der Waals surface area contributed by atoms with E-state index >= 15 is 0 Å². The van der Waals surface area contributed by atoms with Crippen molar-refractivity contribution in [3.63, 3.8) is 0 Å². The number of benzene rings is 4. The summed E-state index contributed by atoms with van der Waals surface area (Å²) >= 11 is 3.23. The number of anilines is 1. The second kappa shape index (κ2) is 10.7. The fourth-order valence-electron chi connectivity index (χ4n) is 3.81. The lowest BCUT2D eigenvalue weighted by molar-refractivity contribution is -0.385. The van der Waals surface area contributed by atoms with Crippen LogP contribution in [0.3, 0.4) is 0 Å². The minimum atomic E-state index is -0.690. The van der Waals surface area contributed by atoms with E-state index < -0.39 is 16.6 Å². The molecule has 0 amide bonds. The van der Waals surface area contributed by atoms with Gasteiger partial charge in [-0.3, -0.25) is 10.1 Å². The second-order valence-electron chi connectivity index (χ2n) is 8.13. The lowest BCUT2D eigenvalue weighted by Crippen LogP contribution is -2.24. The van der Waals surface area contributed by atoms with Gasteiger partial charge >= 0.3 is 0 Å². The largest absolute Gasteiger partial charge is 0.507 e. The summed E-state index contributed by atoms with van der Waals surface area (Å²) in [5.74, 6) is -0.305. The van der Waals surface area contributed by atoms with Crippen LogP contribution in [-0.4, -0.2) is 10.0 Å². The number of phenolic OH excluding ortho intramolecular Hbond substituents is 1. The Balaban J connectivity index is 1.62. The van der Waals surface area contributed by atoms with Crippen LogP contribution in [0.2, 0.25) is 0 Å². The van der Waals surface area contributed by atoms with Crippen molar-refractivity contribution in [2.24, 2.45) is 0 Å². The van der Waals surface area contributed by atoms with Crippen molar-refractivity contribution in [3.8, 4) is 17.2 Å². The summed E-state index contributed by atoms with van der Waals surface area (Å²) in [4.78, 5) is 12.8. The molecule has 0 saturated carbocycles. The van der Waals surface area contributed by atoms with Gasteiger partial charge in [-0.1, -0.05) is 24.3 Å². The molecule has 0 heterocycles. The molecule has 4 aromatic carbocycles.